The number of aryl methyl sites for hydroxylation is 1. The lowest BCUT2D eigenvalue weighted by atomic mass is 10.1. The maximum absolute atomic E-state index is 11.9. The highest BCUT2D eigenvalue weighted by Gasteiger charge is 2.04. The minimum atomic E-state index is -0.0968. The van der Waals surface area contributed by atoms with E-state index in [1.165, 1.54) is 12.8 Å². The second-order valence-electron chi connectivity index (χ2n) is 5.20. The second-order valence-corrected chi connectivity index (χ2v) is 5.20. The minimum Gasteiger partial charge on any atom is -0.494 e. The fourth-order valence-corrected chi connectivity index (χ4v) is 2.02. The van der Waals surface area contributed by atoms with Crippen molar-refractivity contribution in [2.75, 3.05) is 6.61 Å². The first-order valence-corrected chi connectivity index (χ1v) is 7.64. The third-order valence-electron chi connectivity index (χ3n) is 3.29. The van der Waals surface area contributed by atoms with Crippen molar-refractivity contribution in [3.63, 3.8) is 0 Å². The monoisotopic (exact) mass is 298 g/mol. The lowest BCUT2D eigenvalue weighted by molar-refractivity contribution is 0.104. The van der Waals surface area contributed by atoms with Crippen molar-refractivity contribution in [3.05, 3.63) is 53.9 Å². The van der Waals surface area contributed by atoms with Crippen molar-refractivity contribution >= 4 is 11.9 Å². The van der Waals surface area contributed by atoms with Gasteiger partial charge in [0.05, 0.1) is 6.61 Å². The Labute approximate surface area is 131 Å². The third kappa shape index (κ3) is 4.88. The molecule has 0 saturated heterocycles. The topological polar surface area (TPSA) is 44.1 Å². The van der Waals surface area contributed by atoms with Crippen molar-refractivity contribution in [3.8, 4) is 5.75 Å². The van der Waals surface area contributed by atoms with E-state index in [2.05, 4.69) is 12.0 Å². The van der Waals surface area contributed by atoms with E-state index in [0.29, 0.717) is 5.69 Å². The maximum atomic E-state index is 11.9. The van der Waals surface area contributed by atoms with E-state index in [1.807, 2.05) is 24.3 Å². The number of ether oxygens (including phenoxy) is 1. The highest BCUT2D eigenvalue weighted by Crippen LogP contribution is 2.14. The minimum absolute atomic E-state index is 0.0968. The van der Waals surface area contributed by atoms with Crippen molar-refractivity contribution in [2.45, 2.75) is 26.2 Å². The first-order valence-electron chi connectivity index (χ1n) is 7.64. The predicted molar refractivity (Wildman–Crippen MR) is 88.0 cm³/mol. The predicted octanol–water partition coefficient (Wildman–Crippen LogP) is 3.89. The number of ketones is 1. The molecule has 116 valence electrons. The van der Waals surface area contributed by atoms with E-state index in [-0.39, 0.29) is 5.78 Å². The van der Waals surface area contributed by atoms with Crippen LogP contribution in [0.1, 0.15) is 42.2 Å². The SMILES string of the molecule is CCCCCOc1ccc(/C=C/C(=O)c2ccn(C)n2)cc1. The Morgan fingerprint density at radius 2 is 2.00 bits per heavy atom. The Bertz CT molecular complexity index is 627. The van der Waals surface area contributed by atoms with Gasteiger partial charge < -0.3 is 4.74 Å². The van der Waals surface area contributed by atoms with Crippen molar-refractivity contribution in [1.29, 1.82) is 0 Å². The summed E-state index contributed by atoms with van der Waals surface area (Å²) < 4.78 is 7.27. The summed E-state index contributed by atoms with van der Waals surface area (Å²) in [6, 6.07) is 9.45. The maximum Gasteiger partial charge on any atom is 0.206 e. The molecule has 0 amide bonds. The van der Waals surface area contributed by atoms with Gasteiger partial charge in [-0.05, 0) is 36.3 Å². The average Bonchev–Trinajstić information content (AvgIpc) is 2.97. The van der Waals surface area contributed by atoms with Gasteiger partial charge in [-0.3, -0.25) is 9.48 Å². The van der Waals surface area contributed by atoms with E-state index in [1.54, 1.807) is 36.1 Å². The Balaban J connectivity index is 1.87. The van der Waals surface area contributed by atoms with E-state index in [4.69, 9.17) is 4.74 Å². The Kier molecular flexibility index (Phi) is 5.95. The van der Waals surface area contributed by atoms with Gasteiger partial charge in [0.2, 0.25) is 5.78 Å². The van der Waals surface area contributed by atoms with Gasteiger partial charge in [0.25, 0.3) is 0 Å². The summed E-state index contributed by atoms with van der Waals surface area (Å²) in [7, 11) is 1.79. The lowest BCUT2D eigenvalue weighted by Gasteiger charge is -2.05. The fourth-order valence-electron chi connectivity index (χ4n) is 2.02. The zero-order valence-corrected chi connectivity index (χ0v) is 13.2. The second kappa shape index (κ2) is 8.17. The number of nitrogens with zero attached hydrogens (tertiary/aromatic N) is 2. The summed E-state index contributed by atoms with van der Waals surface area (Å²) in [5, 5.41) is 4.08. The summed E-state index contributed by atoms with van der Waals surface area (Å²) >= 11 is 0. The number of carbonyl (C=O) groups excluding carboxylic acids is 1. The van der Waals surface area contributed by atoms with Crippen LogP contribution in [0.15, 0.2) is 42.6 Å². The van der Waals surface area contributed by atoms with Crippen LogP contribution in [-0.2, 0) is 7.05 Å². The molecule has 2 rings (SSSR count). The smallest absolute Gasteiger partial charge is 0.206 e. The van der Waals surface area contributed by atoms with Gasteiger partial charge in [0.15, 0.2) is 0 Å². The van der Waals surface area contributed by atoms with E-state index < -0.39 is 0 Å². The van der Waals surface area contributed by atoms with Gasteiger partial charge in [0.1, 0.15) is 11.4 Å². The lowest BCUT2D eigenvalue weighted by Crippen LogP contribution is -1.97. The molecule has 0 bridgehead atoms. The number of aromatic nitrogens is 2. The summed E-state index contributed by atoms with van der Waals surface area (Å²) in [4.78, 5) is 11.9. The van der Waals surface area contributed by atoms with Crippen LogP contribution in [0.5, 0.6) is 5.75 Å². The van der Waals surface area contributed by atoms with Crippen LogP contribution in [0.4, 0.5) is 0 Å². The largest absolute Gasteiger partial charge is 0.494 e. The molecular weight excluding hydrogens is 276 g/mol. The van der Waals surface area contributed by atoms with Gasteiger partial charge in [-0.25, -0.2) is 0 Å². The zero-order valence-electron chi connectivity index (χ0n) is 13.2. The summed E-state index contributed by atoms with van der Waals surface area (Å²) in [5.74, 6) is 0.768. The van der Waals surface area contributed by atoms with Crippen LogP contribution >= 0.6 is 0 Å². The number of hydrogen-bond donors (Lipinski definition) is 0. The number of unbranched alkanes of at least 4 members (excludes halogenated alkanes) is 2. The molecule has 2 aromatic rings. The molecule has 4 nitrogen and oxygen atoms in total. The summed E-state index contributed by atoms with van der Waals surface area (Å²) in [6.07, 6.45) is 8.55. The van der Waals surface area contributed by atoms with Crippen LogP contribution in [0.2, 0.25) is 0 Å². The van der Waals surface area contributed by atoms with Gasteiger partial charge >= 0.3 is 0 Å². The molecule has 0 unspecified atom stereocenters. The number of carbonyl (C=O) groups is 1. The standard InChI is InChI=1S/C18H22N2O2/c1-3-4-5-14-22-16-9-6-15(7-10-16)8-11-18(21)17-12-13-20(2)19-17/h6-13H,3-5,14H2,1-2H3/b11-8+. The van der Waals surface area contributed by atoms with Crippen LogP contribution in [0.3, 0.4) is 0 Å². The normalized spacial score (nSPS) is 11.0. The average molecular weight is 298 g/mol. The molecular formula is C18H22N2O2. The zero-order chi connectivity index (χ0) is 15.8. The highest BCUT2D eigenvalue weighted by molar-refractivity contribution is 6.05. The van der Waals surface area contributed by atoms with E-state index in [9.17, 15) is 4.79 Å². The number of allylic oxidation sites excluding steroid dienone is 1. The molecule has 4 heteroatoms. The molecule has 22 heavy (non-hydrogen) atoms. The first-order chi connectivity index (χ1) is 10.7. The van der Waals surface area contributed by atoms with Gasteiger partial charge in [-0.15, -0.1) is 0 Å². The molecule has 0 saturated carbocycles. The molecule has 0 atom stereocenters. The molecule has 1 heterocycles. The van der Waals surface area contributed by atoms with Crippen LogP contribution in [0, 0.1) is 0 Å². The first kappa shape index (κ1) is 16.0. The van der Waals surface area contributed by atoms with Crippen molar-refractivity contribution in [2.24, 2.45) is 7.05 Å². The Morgan fingerprint density at radius 3 is 2.64 bits per heavy atom. The fraction of sp³-hybridized carbons (Fsp3) is 0.333. The molecule has 0 spiro atoms. The quantitative estimate of drug-likeness (QED) is 0.422. The molecule has 1 aromatic heterocycles. The molecule has 1 aromatic carbocycles. The molecule has 0 aliphatic carbocycles. The van der Waals surface area contributed by atoms with Crippen molar-refractivity contribution < 1.29 is 9.53 Å². The summed E-state index contributed by atoms with van der Waals surface area (Å²) in [5.41, 5.74) is 1.42. The van der Waals surface area contributed by atoms with Crippen molar-refractivity contribution in [1.82, 2.24) is 9.78 Å². The number of hydrogen-bond acceptors (Lipinski definition) is 3. The Hall–Kier alpha value is -2.36. The van der Waals surface area contributed by atoms with E-state index >= 15 is 0 Å². The molecule has 0 aliphatic rings. The van der Waals surface area contributed by atoms with Gasteiger partial charge in [-0.2, -0.15) is 5.10 Å². The highest BCUT2D eigenvalue weighted by atomic mass is 16.5. The molecule has 0 fully saturated rings. The summed E-state index contributed by atoms with van der Waals surface area (Å²) in [6.45, 7) is 2.93. The van der Waals surface area contributed by atoms with Gasteiger partial charge in [0, 0.05) is 13.2 Å². The van der Waals surface area contributed by atoms with Crippen LogP contribution < -0.4 is 4.74 Å². The number of rotatable bonds is 8. The number of benzene rings is 1. The third-order valence-corrected chi connectivity index (χ3v) is 3.29. The Morgan fingerprint density at radius 1 is 1.23 bits per heavy atom. The molecule has 0 aliphatic heterocycles. The van der Waals surface area contributed by atoms with Gasteiger partial charge in [-0.1, -0.05) is 38.0 Å². The molecule has 0 radical (unpaired) electrons. The van der Waals surface area contributed by atoms with E-state index in [0.717, 1.165) is 24.3 Å². The van der Waals surface area contributed by atoms with Crippen LogP contribution in [-0.4, -0.2) is 22.2 Å². The molecule has 0 N–H and O–H groups in total. The van der Waals surface area contributed by atoms with Crippen LogP contribution in [0.25, 0.3) is 6.08 Å².